The monoisotopic (exact) mass is 240 g/mol. The Hall–Kier alpha value is -2.43. The molecule has 2 aromatic heterocycles. The van der Waals surface area contributed by atoms with Crippen LogP contribution in [0.3, 0.4) is 0 Å². The van der Waals surface area contributed by atoms with Gasteiger partial charge >= 0.3 is 0 Å². The van der Waals surface area contributed by atoms with Gasteiger partial charge < -0.3 is 4.74 Å². The van der Waals surface area contributed by atoms with Gasteiger partial charge in [-0.1, -0.05) is 12.1 Å². The lowest BCUT2D eigenvalue weighted by Crippen LogP contribution is -1.92. The summed E-state index contributed by atoms with van der Waals surface area (Å²) in [5, 5.41) is 7.50. The summed E-state index contributed by atoms with van der Waals surface area (Å²) in [6, 6.07) is 6.07. The highest BCUT2D eigenvalue weighted by molar-refractivity contribution is 5.79. The van der Waals surface area contributed by atoms with E-state index < -0.39 is 0 Å². The molecule has 18 heavy (non-hydrogen) atoms. The molecule has 0 fully saturated rings. The van der Waals surface area contributed by atoms with Crippen LogP contribution in [0.5, 0.6) is 11.6 Å². The Morgan fingerprint density at radius 1 is 1.17 bits per heavy atom. The first-order valence-corrected chi connectivity index (χ1v) is 5.63. The van der Waals surface area contributed by atoms with E-state index in [1.165, 1.54) is 6.33 Å². The summed E-state index contributed by atoms with van der Waals surface area (Å²) in [5.41, 5.74) is 2.88. The maximum absolute atomic E-state index is 5.85. The average Bonchev–Trinajstić information content (AvgIpc) is 2.83. The Bertz CT molecular complexity index is 705. The number of nitrogens with one attached hydrogen (secondary N) is 1. The van der Waals surface area contributed by atoms with Crippen LogP contribution in [-0.4, -0.2) is 20.2 Å². The number of aryl methyl sites for hydroxylation is 2. The second-order valence-corrected chi connectivity index (χ2v) is 4.18. The summed E-state index contributed by atoms with van der Waals surface area (Å²) in [6.07, 6.45) is 3.12. The Balaban J connectivity index is 2.06. The van der Waals surface area contributed by atoms with Crippen molar-refractivity contribution in [3.63, 3.8) is 0 Å². The zero-order valence-electron chi connectivity index (χ0n) is 10.1. The van der Waals surface area contributed by atoms with E-state index in [4.69, 9.17) is 4.74 Å². The molecule has 0 spiro atoms. The summed E-state index contributed by atoms with van der Waals surface area (Å²) < 4.78 is 5.85. The molecule has 0 aliphatic heterocycles. The number of hydrogen-bond acceptors (Lipinski definition) is 4. The molecule has 1 aromatic carbocycles. The smallest absolute Gasteiger partial charge is 0.233 e. The fourth-order valence-electron chi connectivity index (χ4n) is 1.75. The zero-order valence-corrected chi connectivity index (χ0v) is 10.1. The Morgan fingerprint density at radius 2 is 2.06 bits per heavy atom. The number of aromatic nitrogens is 4. The highest BCUT2D eigenvalue weighted by Crippen LogP contribution is 2.28. The van der Waals surface area contributed by atoms with Crippen molar-refractivity contribution < 1.29 is 4.74 Å². The second kappa shape index (κ2) is 4.10. The lowest BCUT2D eigenvalue weighted by atomic mass is 10.1. The van der Waals surface area contributed by atoms with E-state index in [9.17, 15) is 0 Å². The van der Waals surface area contributed by atoms with Gasteiger partial charge in [-0.05, 0) is 31.0 Å². The van der Waals surface area contributed by atoms with Crippen LogP contribution in [0.1, 0.15) is 11.1 Å². The van der Waals surface area contributed by atoms with Crippen molar-refractivity contribution in [2.24, 2.45) is 0 Å². The summed E-state index contributed by atoms with van der Waals surface area (Å²) >= 11 is 0. The fraction of sp³-hybridized carbons (Fsp3) is 0.154. The minimum absolute atomic E-state index is 0.516. The van der Waals surface area contributed by atoms with Gasteiger partial charge in [0, 0.05) is 0 Å². The van der Waals surface area contributed by atoms with Crippen molar-refractivity contribution in [1.29, 1.82) is 0 Å². The molecule has 0 saturated heterocycles. The van der Waals surface area contributed by atoms with Crippen molar-refractivity contribution >= 4 is 11.0 Å². The largest absolute Gasteiger partial charge is 0.438 e. The molecular weight excluding hydrogens is 228 g/mol. The standard InChI is InChI=1S/C13H12N4O/c1-8-3-4-9(2)11(5-8)18-13-10-6-16-17-12(10)14-7-15-13/h3-7H,1-2H3,(H,14,15,16,17). The average molecular weight is 240 g/mol. The lowest BCUT2D eigenvalue weighted by molar-refractivity contribution is 0.464. The minimum Gasteiger partial charge on any atom is -0.438 e. The predicted molar refractivity (Wildman–Crippen MR) is 67.7 cm³/mol. The number of hydrogen-bond donors (Lipinski definition) is 1. The van der Waals surface area contributed by atoms with Gasteiger partial charge in [0.1, 0.15) is 17.5 Å². The van der Waals surface area contributed by atoms with Gasteiger partial charge in [-0.2, -0.15) is 5.10 Å². The number of aromatic amines is 1. The van der Waals surface area contributed by atoms with Gasteiger partial charge in [0.2, 0.25) is 5.88 Å². The molecule has 90 valence electrons. The van der Waals surface area contributed by atoms with E-state index >= 15 is 0 Å². The van der Waals surface area contributed by atoms with E-state index in [2.05, 4.69) is 26.2 Å². The lowest BCUT2D eigenvalue weighted by Gasteiger charge is -2.08. The maximum atomic E-state index is 5.85. The van der Waals surface area contributed by atoms with E-state index in [1.807, 2.05) is 26.0 Å². The van der Waals surface area contributed by atoms with Crippen molar-refractivity contribution in [2.45, 2.75) is 13.8 Å². The van der Waals surface area contributed by atoms with Gasteiger partial charge in [0.15, 0.2) is 5.65 Å². The normalized spacial score (nSPS) is 10.8. The number of rotatable bonds is 2. The molecule has 0 radical (unpaired) electrons. The van der Waals surface area contributed by atoms with Crippen molar-refractivity contribution in [2.75, 3.05) is 0 Å². The highest BCUT2D eigenvalue weighted by Gasteiger charge is 2.09. The number of H-pyrrole nitrogens is 1. The van der Waals surface area contributed by atoms with Crippen LogP contribution < -0.4 is 4.74 Å². The molecule has 0 saturated carbocycles. The number of fused-ring (bicyclic) bond motifs is 1. The van der Waals surface area contributed by atoms with Crippen LogP contribution in [0.25, 0.3) is 11.0 Å². The number of ether oxygens (including phenoxy) is 1. The summed E-state index contributed by atoms with van der Waals surface area (Å²) in [6.45, 7) is 4.03. The Morgan fingerprint density at radius 3 is 2.94 bits per heavy atom. The molecule has 0 aliphatic carbocycles. The molecule has 5 nitrogen and oxygen atoms in total. The van der Waals surface area contributed by atoms with Crippen LogP contribution in [0.2, 0.25) is 0 Å². The third-order valence-electron chi connectivity index (χ3n) is 2.76. The zero-order chi connectivity index (χ0) is 12.5. The van der Waals surface area contributed by atoms with Crippen molar-refractivity contribution in [1.82, 2.24) is 20.2 Å². The second-order valence-electron chi connectivity index (χ2n) is 4.18. The fourth-order valence-corrected chi connectivity index (χ4v) is 1.75. The molecule has 0 unspecified atom stereocenters. The third-order valence-corrected chi connectivity index (χ3v) is 2.76. The van der Waals surface area contributed by atoms with Crippen LogP contribution >= 0.6 is 0 Å². The molecule has 0 amide bonds. The van der Waals surface area contributed by atoms with Crippen molar-refractivity contribution in [3.05, 3.63) is 41.9 Å². The van der Waals surface area contributed by atoms with Gasteiger partial charge in [-0.15, -0.1) is 0 Å². The molecule has 3 rings (SSSR count). The van der Waals surface area contributed by atoms with Crippen LogP contribution in [0.4, 0.5) is 0 Å². The predicted octanol–water partition coefficient (Wildman–Crippen LogP) is 2.76. The highest BCUT2D eigenvalue weighted by atomic mass is 16.5. The third kappa shape index (κ3) is 1.79. The maximum Gasteiger partial charge on any atom is 0.233 e. The molecule has 0 aliphatic rings. The van der Waals surface area contributed by atoms with Gasteiger partial charge in [-0.25, -0.2) is 9.97 Å². The topological polar surface area (TPSA) is 63.7 Å². The molecular formula is C13H12N4O. The van der Waals surface area contributed by atoms with Crippen LogP contribution in [0, 0.1) is 13.8 Å². The Kier molecular flexibility index (Phi) is 2.44. The molecule has 2 heterocycles. The quantitative estimate of drug-likeness (QED) is 0.748. The van der Waals surface area contributed by atoms with Crippen LogP contribution in [-0.2, 0) is 0 Å². The Labute approximate surface area is 104 Å². The summed E-state index contributed by atoms with van der Waals surface area (Å²) in [5.74, 6) is 1.32. The van der Waals surface area contributed by atoms with Crippen LogP contribution in [0.15, 0.2) is 30.7 Å². The van der Waals surface area contributed by atoms with Gasteiger partial charge in [-0.3, -0.25) is 5.10 Å². The van der Waals surface area contributed by atoms with E-state index in [0.29, 0.717) is 11.5 Å². The SMILES string of the molecule is Cc1ccc(C)c(Oc2ncnc3[nH]ncc23)c1. The molecule has 3 aromatic rings. The number of benzene rings is 1. The molecule has 5 heteroatoms. The van der Waals surface area contributed by atoms with E-state index in [0.717, 1.165) is 22.3 Å². The van der Waals surface area contributed by atoms with Gasteiger partial charge in [0.05, 0.1) is 6.20 Å². The first-order valence-electron chi connectivity index (χ1n) is 5.63. The van der Waals surface area contributed by atoms with E-state index in [1.54, 1.807) is 6.20 Å². The number of nitrogens with zero attached hydrogens (tertiary/aromatic N) is 3. The molecule has 0 bridgehead atoms. The minimum atomic E-state index is 0.516. The molecule has 1 N–H and O–H groups in total. The van der Waals surface area contributed by atoms with E-state index in [-0.39, 0.29) is 0 Å². The first kappa shape index (κ1) is 10.7. The molecule has 0 atom stereocenters. The summed E-state index contributed by atoms with van der Waals surface area (Å²) in [7, 11) is 0. The first-order chi connectivity index (χ1) is 8.74. The summed E-state index contributed by atoms with van der Waals surface area (Å²) in [4.78, 5) is 8.23. The van der Waals surface area contributed by atoms with Crippen molar-refractivity contribution in [3.8, 4) is 11.6 Å². The van der Waals surface area contributed by atoms with Gasteiger partial charge in [0.25, 0.3) is 0 Å².